The quantitative estimate of drug-likeness (QED) is 0.183. The van der Waals surface area contributed by atoms with Gasteiger partial charge in [0.05, 0.1) is 22.4 Å². The molecular weight excluding hydrogens is 631 g/mol. The van der Waals surface area contributed by atoms with E-state index in [0.29, 0.717) is 5.82 Å². The van der Waals surface area contributed by atoms with E-state index in [2.05, 4.69) is 182 Å². The van der Waals surface area contributed by atoms with Crippen LogP contribution in [0.2, 0.25) is 0 Å². The van der Waals surface area contributed by atoms with Crippen molar-refractivity contribution in [3.8, 4) is 61.8 Å². The number of nitrogens with zero attached hydrogens (tertiary/aromatic N) is 3. The lowest BCUT2D eigenvalue weighted by molar-refractivity contribution is 0.660. The number of para-hydroxylation sites is 2. The van der Waals surface area contributed by atoms with Crippen LogP contribution in [-0.2, 0) is 5.41 Å². The lowest BCUT2D eigenvalue weighted by Gasteiger charge is -2.22. The second-order valence-corrected chi connectivity index (χ2v) is 14.2. The van der Waals surface area contributed by atoms with Crippen molar-refractivity contribution >= 4 is 21.8 Å². The highest BCUT2D eigenvalue weighted by Gasteiger charge is 2.35. The Morgan fingerprint density at radius 3 is 1.71 bits per heavy atom. The summed E-state index contributed by atoms with van der Waals surface area (Å²) in [6.45, 7) is 4.69. The van der Waals surface area contributed by atoms with Crippen LogP contribution in [-0.4, -0.2) is 14.5 Å². The molecule has 0 unspecified atom stereocenters. The minimum Gasteiger partial charge on any atom is -0.308 e. The Labute approximate surface area is 303 Å². The predicted molar refractivity (Wildman–Crippen MR) is 216 cm³/mol. The summed E-state index contributed by atoms with van der Waals surface area (Å²) in [5.74, 6) is 0.700. The molecule has 246 valence electrons. The number of aromatic nitrogens is 3. The van der Waals surface area contributed by atoms with Gasteiger partial charge < -0.3 is 4.57 Å². The van der Waals surface area contributed by atoms with E-state index >= 15 is 0 Å². The highest BCUT2D eigenvalue weighted by molar-refractivity contribution is 6.14. The monoisotopic (exact) mass is 665 g/mol. The summed E-state index contributed by atoms with van der Waals surface area (Å²) in [7, 11) is 0. The van der Waals surface area contributed by atoms with Crippen molar-refractivity contribution in [3.63, 3.8) is 0 Å². The van der Waals surface area contributed by atoms with Crippen LogP contribution in [0.1, 0.15) is 25.0 Å². The zero-order chi connectivity index (χ0) is 34.8. The minimum absolute atomic E-state index is 0.0584. The van der Waals surface area contributed by atoms with Crippen molar-refractivity contribution < 1.29 is 0 Å². The Balaban J connectivity index is 1.21. The second-order valence-electron chi connectivity index (χ2n) is 14.2. The summed E-state index contributed by atoms with van der Waals surface area (Å²) in [6, 6.07) is 62.9. The molecule has 0 aliphatic heterocycles. The van der Waals surface area contributed by atoms with Crippen LogP contribution < -0.4 is 0 Å². The van der Waals surface area contributed by atoms with Gasteiger partial charge in [0.25, 0.3) is 0 Å². The standard InChI is InChI=1S/C49H35N3/c1-49(2)42-24-13-12-21-37(42)38-27-25-35(30-43(38)49)34-26-28-46-41(29-34)39-22-14-23-40(47(39)52(46)36-19-10-5-11-20-36)48-50-44(32-15-6-3-7-16-32)31-45(51-48)33-17-8-4-9-18-33/h3-31H,1-2H3. The fourth-order valence-electron chi connectivity index (χ4n) is 8.24. The summed E-state index contributed by atoms with van der Waals surface area (Å²) < 4.78 is 2.38. The molecule has 0 bridgehead atoms. The van der Waals surface area contributed by atoms with E-state index in [1.165, 1.54) is 44.2 Å². The van der Waals surface area contributed by atoms with Gasteiger partial charge in [-0.05, 0) is 75.8 Å². The van der Waals surface area contributed by atoms with Crippen LogP contribution >= 0.6 is 0 Å². The molecule has 1 aliphatic carbocycles. The SMILES string of the molecule is CC1(C)c2ccccc2-c2ccc(-c3ccc4c(c3)c3cccc(-c5nc(-c6ccccc6)cc(-c6ccccc6)n5)c3n4-c3ccccc3)cc21. The average Bonchev–Trinajstić information content (AvgIpc) is 3.66. The number of benzene rings is 7. The summed E-state index contributed by atoms with van der Waals surface area (Å²) >= 11 is 0. The van der Waals surface area contributed by atoms with Crippen molar-refractivity contribution in [2.75, 3.05) is 0 Å². The zero-order valence-corrected chi connectivity index (χ0v) is 29.1. The Bertz CT molecular complexity index is 2740. The van der Waals surface area contributed by atoms with Crippen LogP contribution in [0, 0.1) is 0 Å². The molecule has 0 fully saturated rings. The molecule has 10 rings (SSSR count). The fraction of sp³-hybridized carbons (Fsp3) is 0.0612. The molecule has 7 aromatic carbocycles. The molecule has 2 heterocycles. The Morgan fingerprint density at radius 1 is 0.423 bits per heavy atom. The predicted octanol–water partition coefficient (Wildman–Crippen LogP) is 12.5. The molecule has 1 aliphatic rings. The topological polar surface area (TPSA) is 30.7 Å². The van der Waals surface area contributed by atoms with Crippen LogP contribution in [0.5, 0.6) is 0 Å². The first-order valence-corrected chi connectivity index (χ1v) is 17.9. The lowest BCUT2D eigenvalue weighted by atomic mass is 9.81. The van der Waals surface area contributed by atoms with Gasteiger partial charge in [-0.1, -0.05) is 147 Å². The Hall–Kier alpha value is -6.58. The van der Waals surface area contributed by atoms with E-state index in [1.807, 2.05) is 12.1 Å². The second kappa shape index (κ2) is 11.8. The van der Waals surface area contributed by atoms with Crippen molar-refractivity contribution in [1.29, 1.82) is 0 Å². The average molecular weight is 666 g/mol. The van der Waals surface area contributed by atoms with Gasteiger partial charge >= 0.3 is 0 Å². The van der Waals surface area contributed by atoms with Crippen LogP contribution in [0.25, 0.3) is 83.6 Å². The highest BCUT2D eigenvalue weighted by Crippen LogP contribution is 2.50. The first kappa shape index (κ1) is 30.3. The van der Waals surface area contributed by atoms with Gasteiger partial charge in [-0.15, -0.1) is 0 Å². The van der Waals surface area contributed by atoms with E-state index in [9.17, 15) is 0 Å². The molecule has 0 saturated heterocycles. The van der Waals surface area contributed by atoms with Gasteiger partial charge in [-0.3, -0.25) is 0 Å². The molecule has 2 aromatic heterocycles. The lowest BCUT2D eigenvalue weighted by Crippen LogP contribution is -2.14. The molecule has 0 amide bonds. The van der Waals surface area contributed by atoms with Crippen LogP contribution in [0.3, 0.4) is 0 Å². The van der Waals surface area contributed by atoms with E-state index < -0.39 is 0 Å². The van der Waals surface area contributed by atoms with Gasteiger partial charge in [-0.2, -0.15) is 0 Å². The maximum Gasteiger partial charge on any atom is 0.162 e. The smallest absolute Gasteiger partial charge is 0.162 e. The third-order valence-corrected chi connectivity index (χ3v) is 10.8. The number of rotatable bonds is 5. The van der Waals surface area contributed by atoms with E-state index in [1.54, 1.807) is 0 Å². The first-order valence-electron chi connectivity index (χ1n) is 17.9. The summed E-state index contributed by atoms with van der Waals surface area (Å²) in [6.07, 6.45) is 0. The molecule has 3 heteroatoms. The maximum absolute atomic E-state index is 5.26. The normalized spacial score (nSPS) is 13.0. The molecule has 0 radical (unpaired) electrons. The van der Waals surface area contributed by atoms with Crippen molar-refractivity contribution in [2.24, 2.45) is 0 Å². The third-order valence-electron chi connectivity index (χ3n) is 10.8. The molecular formula is C49H35N3. The minimum atomic E-state index is -0.0584. The molecule has 0 saturated carbocycles. The summed E-state index contributed by atoms with van der Waals surface area (Å²) in [4.78, 5) is 10.5. The zero-order valence-electron chi connectivity index (χ0n) is 29.1. The van der Waals surface area contributed by atoms with E-state index in [-0.39, 0.29) is 5.41 Å². The molecule has 0 spiro atoms. The van der Waals surface area contributed by atoms with Gasteiger partial charge in [0.1, 0.15) is 0 Å². The number of hydrogen-bond acceptors (Lipinski definition) is 2. The van der Waals surface area contributed by atoms with Gasteiger partial charge in [0.2, 0.25) is 0 Å². The third kappa shape index (κ3) is 4.74. The summed E-state index contributed by atoms with van der Waals surface area (Å²) in [5.41, 5.74) is 16.1. The van der Waals surface area contributed by atoms with E-state index in [0.717, 1.165) is 44.8 Å². The van der Waals surface area contributed by atoms with Gasteiger partial charge in [0, 0.05) is 38.6 Å². The Morgan fingerprint density at radius 2 is 1.00 bits per heavy atom. The largest absolute Gasteiger partial charge is 0.308 e. The highest BCUT2D eigenvalue weighted by atomic mass is 15.0. The molecule has 9 aromatic rings. The molecule has 0 atom stereocenters. The molecule has 3 nitrogen and oxygen atoms in total. The maximum atomic E-state index is 5.26. The molecule has 0 N–H and O–H groups in total. The molecule has 52 heavy (non-hydrogen) atoms. The van der Waals surface area contributed by atoms with Crippen LogP contribution in [0.4, 0.5) is 0 Å². The van der Waals surface area contributed by atoms with Gasteiger partial charge in [-0.25, -0.2) is 9.97 Å². The number of fused-ring (bicyclic) bond motifs is 6. The van der Waals surface area contributed by atoms with Crippen LogP contribution in [0.15, 0.2) is 176 Å². The summed E-state index contributed by atoms with van der Waals surface area (Å²) in [5, 5.41) is 2.37. The van der Waals surface area contributed by atoms with Crippen molar-refractivity contribution in [2.45, 2.75) is 19.3 Å². The van der Waals surface area contributed by atoms with Crippen molar-refractivity contribution in [3.05, 3.63) is 187 Å². The number of hydrogen-bond donors (Lipinski definition) is 0. The fourth-order valence-corrected chi connectivity index (χ4v) is 8.24. The first-order chi connectivity index (χ1) is 25.5. The van der Waals surface area contributed by atoms with E-state index in [4.69, 9.17) is 9.97 Å². The van der Waals surface area contributed by atoms with Gasteiger partial charge in [0.15, 0.2) is 5.82 Å². The Kier molecular flexibility index (Phi) is 6.84. The van der Waals surface area contributed by atoms with Crippen molar-refractivity contribution in [1.82, 2.24) is 14.5 Å².